The monoisotopic (exact) mass is 255 g/mol. The van der Waals surface area contributed by atoms with Crippen LogP contribution in [0.2, 0.25) is 5.02 Å². The van der Waals surface area contributed by atoms with Crippen molar-refractivity contribution in [3.8, 4) is 0 Å². The molecule has 0 amide bonds. The first-order chi connectivity index (χ1) is 7.79. The molecule has 88 valence electrons. The molecule has 2 atom stereocenters. The third-order valence-corrected chi connectivity index (χ3v) is 4.59. The molecule has 1 aromatic carbocycles. The van der Waals surface area contributed by atoms with Crippen molar-refractivity contribution < 1.29 is 0 Å². The highest BCUT2D eigenvalue weighted by molar-refractivity contribution is 7.99. The largest absolute Gasteiger partial charge is 0.313 e. The molecule has 1 aliphatic rings. The highest BCUT2D eigenvalue weighted by Crippen LogP contribution is 2.27. The van der Waals surface area contributed by atoms with E-state index in [1.807, 2.05) is 12.1 Å². The van der Waals surface area contributed by atoms with Crippen LogP contribution in [0.4, 0.5) is 0 Å². The number of benzene rings is 1. The first-order valence-electron chi connectivity index (χ1n) is 5.85. The highest BCUT2D eigenvalue weighted by atomic mass is 35.5. The fourth-order valence-corrected chi connectivity index (χ4v) is 3.77. The summed E-state index contributed by atoms with van der Waals surface area (Å²) < 4.78 is 0. The second-order valence-corrected chi connectivity index (χ2v) is 5.80. The van der Waals surface area contributed by atoms with Crippen molar-refractivity contribution in [2.45, 2.75) is 19.4 Å². The first kappa shape index (κ1) is 12.3. The number of rotatable bonds is 4. The lowest BCUT2D eigenvalue weighted by Gasteiger charge is -2.19. The standard InChI is InChI=1S/C13H18ClNS/c1-2-15-13-9-16-8-11(13)7-10-3-5-12(14)6-4-10/h3-6,11,13,15H,2,7-9H2,1H3. The molecule has 1 nitrogen and oxygen atoms in total. The molecule has 1 heterocycles. The summed E-state index contributed by atoms with van der Waals surface area (Å²) >= 11 is 7.95. The van der Waals surface area contributed by atoms with E-state index in [2.05, 4.69) is 36.1 Å². The number of hydrogen-bond acceptors (Lipinski definition) is 2. The van der Waals surface area contributed by atoms with Crippen LogP contribution in [0.5, 0.6) is 0 Å². The molecule has 2 rings (SSSR count). The van der Waals surface area contributed by atoms with E-state index in [-0.39, 0.29) is 0 Å². The number of nitrogens with one attached hydrogen (secondary N) is 1. The summed E-state index contributed by atoms with van der Waals surface area (Å²) in [6, 6.07) is 8.95. The average Bonchev–Trinajstić information content (AvgIpc) is 2.70. The zero-order chi connectivity index (χ0) is 11.4. The lowest BCUT2D eigenvalue weighted by Crippen LogP contribution is -2.36. The van der Waals surface area contributed by atoms with Crippen molar-refractivity contribution in [1.29, 1.82) is 0 Å². The van der Waals surface area contributed by atoms with E-state index in [9.17, 15) is 0 Å². The second-order valence-electron chi connectivity index (χ2n) is 4.29. The van der Waals surface area contributed by atoms with Gasteiger partial charge in [0.15, 0.2) is 0 Å². The number of thioether (sulfide) groups is 1. The Kier molecular flexibility index (Phi) is 4.56. The van der Waals surface area contributed by atoms with Crippen LogP contribution in [0.25, 0.3) is 0 Å². The Morgan fingerprint density at radius 1 is 1.31 bits per heavy atom. The fraction of sp³-hybridized carbons (Fsp3) is 0.538. The molecule has 1 aromatic rings. The van der Waals surface area contributed by atoms with Crippen molar-refractivity contribution in [2.75, 3.05) is 18.1 Å². The summed E-state index contributed by atoms with van der Waals surface area (Å²) in [6.07, 6.45) is 1.17. The molecule has 0 saturated carbocycles. The normalized spacial score (nSPS) is 24.9. The maximum atomic E-state index is 5.89. The predicted molar refractivity (Wildman–Crippen MR) is 73.4 cm³/mol. The lowest BCUT2D eigenvalue weighted by molar-refractivity contribution is 0.434. The van der Waals surface area contributed by atoms with Crippen molar-refractivity contribution >= 4 is 23.4 Å². The van der Waals surface area contributed by atoms with Crippen LogP contribution < -0.4 is 5.32 Å². The number of halogens is 1. The van der Waals surface area contributed by atoms with E-state index in [0.717, 1.165) is 17.5 Å². The van der Waals surface area contributed by atoms with Crippen LogP contribution in [-0.2, 0) is 6.42 Å². The summed E-state index contributed by atoms with van der Waals surface area (Å²) in [5.41, 5.74) is 1.40. The van der Waals surface area contributed by atoms with E-state index in [0.29, 0.717) is 6.04 Å². The Morgan fingerprint density at radius 3 is 2.75 bits per heavy atom. The van der Waals surface area contributed by atoms with Crippen LogP contribution >= 0.6 is 23.4 Å². The van der Waals surface area contributed by atoms with Crippen LogP contribution in [0.1, 0.15) is 12.5 Å². The van der Waals surface area contributed by atoms with Gasteiger partial charge in [-0.3, -0.25) is 0 Å². The lowest BCUT2D eigenvalue weighted by atomic mass is 9.95. The SMILES string of the molecule is CCNC1CSCC1Cc1ccc(Cl)cc1. The first-order valence-corrected chi connectivity index (χ1v) is 7.38. The average molecular weight is 256 g/mol. The summed E-state index contributed by atoms with van der Waals surface area (Å²) in [4.78, 5) is 0. The molecule has 0 aliphatic carbocycles. The predicted octanol–water partition coefficient (Wildman–Crippen LogP) is 3.22. The Labute approximate surface area is 107 Å². The minimum Gasteiger partial charge on any atom is -0.313 e. The van der Waals surface area contributed by atoms with Gasteiger partial charge in [0.05, 0.1) is 0 Å². The highest BCUT2D eigenvalue weighted by Gasteiger charge is 2.26. The fourth-order valence-electron chi connectivity index (χ4n) is 2.21. The quantitative estimate of drug-likeness (QED) is 0.887. The molecule has 1 N–H and O–H groups in total. The van der Waals surface area contributed by atoms with Crippen molar-refractivity contribution in [3.05, 3.63) is 34.9 Å². The Morgan fingerprint density at radius 2 is 2.06 bits per heavy atom. The van der Waals surface area contributed by atoms with Gasteiger partial charge in [0, 0.05) is 16.8 Å². The van der Waals surface area contributed by atoms with Gasteiger partial charge in [0.1, 0.15) is 0 Å². The minimum atomic E-state index is 0.686. The van der Waals surface area contributed by atoms with Crippen LogP contribution in [0, 0.1) is 5.92 Å². The topological polar surface area (TPSA) is 12.0 Å². The van der Waals surface area contributed by atoms with Gasteiger partial charge in [-0.2, -0.15) is 11.8 Å². The van der Waals surface area contributed by atoms with Gasteiger partial charge in [0.2, 0.25) is 0 Å². The molecule has 3 heteroatoms. The molecule has 0 bridgehead atoms. The van der Waals surface area contributed by atoms with Crippen molar-refractivity contribution in [3.63, 3.8) is 0 Å². The molecule has 16 heavy (non-hydrogen) atoms. The van der Waals surface area contributed by atoms with Gasteiger partial charge in [-0.05, 0) is 42.3 Å². The van der Waals surface area contributed by atoms with Crippen LogP contribution in [0.3, 0.4) is 0 Å². The van der Waals surface area contributed by atoms with E-state index >= 15 is 0 Å². The number of hydrogen-bond donors (Lipinski definition) is 1. The molecule has 1 fully saturated rings. The summed E-state index contributed by atoms with van der Waals surface area (Å²) in [6.45, 7) is 3.25. The molecule has 0 radical (unpaired) electrons. The molecule has 1 saturated heterocycles. The van der Waals surface area contributed by atoms with Gasteiger partial charge >= 0.3 is 0 Å². The van der Waals surface area contributed by atoms with Gasteiger partial charge in [-0.15, -0.1) is 0 Å². The third-order valence-electron chi connectivity index (χ3n) is 3.08. The molecular weight excluding hydrogens is 238 g/mol. The third kappa shape index (κ3) is 3.16. The molecule has 2 unspecified atom stereocenters. The zero-order valence-electron chi connectivity index (χ0n) is 9.58. The van der Waals surface area contributed by atoms with Gasteiger partial charge < -0.3 is 5.32 Å². The van der Waals surface area contributed by atoms with Gasteiger partial charge in [0.25, 0.3) is 0 Å². The Balaban J connectivity index is 1.95. The maximum absolute atomic E-state index is 5.89. The molecule has 0 spiro atoms. The van der Waals surface area contributed by atoms with Crippen molar-refractivity contribution in [2.24, 2.45) is 5.92 Å². The molecule has 1 aliphatic heterocycles. The summed E-state index contributed by atoms with van der Waals surface area (Å²) in [5.74, 6) is 3.30. The van der Waals surface area contributed by atoms with E-state index in [1.54, 1.807) is 0 Å². The van der Waals surface area contributed by atoms with E-state index in [4.69, 9.17) is 11.6 Å². The Hall–Kier alpha value is -0.180. The van der Waals surface area contributed by atoms with Crippen LogP contribution in [-0.4, -0.2) is 24.1 Å². The van der Waals surface area contributed by atoms with E-state index < -0.39 is 0 Å². The Bertz CT molecular complexity index is 325. The van der Waals surface area contributed by atoms with Gasteiger partial charge in [-0.25, -0.2) is 0 Å². The molecule has 0 aromatic heterocycles. The van der Waals surface area contributed by atoms with E-state index in [1.165, 1.54) is 23.5 Å². The molecular formula is C13H18ClNS. The second kappa shape index (κ2) is 5.95. The minimum absolute atomic E-state index is 0.686. The maximum Gasteiger partial charge on any atom is 0.0406 e. The van der Waals surface area contributed by atoms with Gasteiger partial charge in [-0.1, -0.05) is 30.7 Å². The smallest absolute Gasteiger partial charge is 0.0406 e. The summed E-state index contributed by atoms with van der Waals surface area (Å²) in [7, 11) is 0. The van der Waals surface area contributed by atoms with Crippen LogP contribution in [0.15, 0.2) is 24.3 Å². The van der Waals surface area contributed by atoms with Crippen molar-refractivity contribution in [1.82, 2.24) is 5.32 Å². The summed E-state index contributed by atoms with van der Waals surface area (Å²) in [5, 5.41) is 4.41. The zero-order valence-corrected chi connectivity index (χ0v) is 11.2.